The molecule has 0 radical (unpaired) electrons. The molecule has 0 spiro atoms. The van der Waals surface area contributed by atoms with E-state index in [9.17, 15) is 14.4 Å². The first-order chi connectivity index (χ1) is 10.1. The van der Waals surface area contributed by atoms with Gasteiger partial charge in [-0.3, -0.25) is 19.3 Å². The van der Waals surface area contributed by atoms with Crippen molar-refractivity contribution in [3.8, 4) is 0 Å². The fourth-order valence-electron chi connectivity index (χ4n) is 3.28. The second-order valence-electron chi connectivity index (χ2n) is 5.72. The van der Waals surface area contributed by atoms with Crippen molar-refractivity contribution in [2.45, 2.75) is 24.9 Å². The van der Waals surface area contributed by atoms with Crippen molar-refractivity contribution in [2.24, 2.45) is 0 Å². The number of rotatable bonds is 1. The zero-order chi connectivity index (χ0) is 14.7. The Morgan fingerprint density at radius 2 is 1.67 bits per heavy atom. The van der Waals surface area contributed by atoms with Gasteiger partial charge in [-0.05, 0) is 30.5 Å². The first-order valence-electron chi connectivity index (χ1n) is 7.04. The van der Waals surface area contributed by atoms with Crippen LogP contribution in [0, 0.1) is 0 Å². The Hall–Kier alpha value is -2.43. The van der Waals surface area contributed by atoms with E-state index in [-0.39, 0.29) is 23.8 Å². The van der Waals surface area contributed by atoms with Crippen LogP contribution in [0.1, 0.15) is 33.6 Å². The first kappa shape index (κ1) is 12.3. The number of amides is 3. The third kappa shape index (κ3) is 1.60. The van der Waals surface area contributed by atoms with Gasteiger partial charge in [0.05, 0.1) is 17.2 Å². The summed E-state index contributed by atoms with van der Waals surface area (Å²) in [4.78, 5) is 40.3. The van der Waals surface area contributed by atoms with Crippen molar-refractivity contribution in [2.75, 3.05) is 7.05 Å². The number of nitrogens with zero attached hydrogens (tertiary/aromatic N) is 2. The van der Waals surface area contributed by atoms with Crippen LogP contribution in [0.4, 0.5) is 0 Å². The standard InChI is InChI=1S/C16H14N2O3/c1-17-13-8-9(13)6-7-12(16(17)21)18-14(19)10-4-2-3-5-11(10)15(18)20/h2-5,8,12-13H,6-7H2,1H3/t12-,13?/m0/s1. The van der Waals surface area contributed by atoms with E-state index in [4.69, 9.17) is 0 Å². The minimum atomic E-state index is -0.684. The van der Waals surface area contributed by atoms with Gasteiger partial charge in [0.2, 0.25) is 5.91 Å². The van der Waals surface area contributed by atoms with Crippen LogP contribution in [0.2, 0.25) is 0 Å². The second kappa shape index (κ2) is 4.04. The Labute approximate surface area is 121 Å². The van der Waals surface area contributed by atoms with Gasteiger partial charge in [0.1, 0.15) is 6.04 Å². The predicted molar refractivity (Wildman–Crippen MR) is 74.6 cm³/mol. The van der Waals surface area contributed by atoms with Gasteiger partial charge in [0.25, 0.3) is 11.8 Å². The third-order valence-electron chi connectivity index (χ3n) is 4.54. The highest BCUT2D eigenvalue weighted by Gasteiger charge is 2.47. The number of likely N-dealkylation sites (N-methyl/N-ethyl adjacent to an activating group) is 1. The van der Waals surface area contributed by atoms with Crippen molar-refractivity contribution in [1.82, 2.24) is 9.80 Å². The van der Waals surface area contributed by atoms with Crippen molar-refractivity contribution >= 4 is 17.7 Å². The smallest absolute Gasteiger partial charge is 0.262 e. The van der Waals surface area contributed by atoms with E-state index in [1.54, 1.807) is 36.2 Å². The Balaban J connectivity index is 1.71. The third-order valence-corrected chi connectivity index (χ3v) is 4.54. The van der Waals surface area contributed by atoms with E-state index in [1.165, 1.54) is 5.57 Å². The lowest BCUT2D eigenvalue weighted by molar-refractivity contribution is -0.134. The molecule has 1 aromatic carbocycles. The second-order valence-corrected chi connectivity index (χ2v) is 5.72. The maximum atomic E-state index is 12.6. The highest BCUT2D eigenvalue weighted by Crippen LogP contribution is 2.37. The Kier molecular flexibility index (Phi) is 2.37. The molecule has 1 unspecified atom stereocenters. The van der Waals surface area contributed by atoms with Crippen molar-refractivity contribution in [1.29, 1.82) is 0 Å². The van der Waals surface area contributed by atoms with Gasteiger partial charge in [0, 0.05) is 7.05 Å². The van der Waals surface area contributed by atoms with Gasteiger partial charge in [0.15, 0.2) is 0 Å². The molecule has 1 saturated heterocycles. The fraction of sp³-hybridized carbons (Fsp3) is 0.312. The number of fused-ring (bicyclic) bond motifs is 2. The largest absolute Gasteiger partial charge is 0.334 e. The summed E-state index contributed by atoms with van der Waals surface area (Å²) < 4.78 is 0. The van der Waals surface area contributed by atoms with Gasteiger partial charge in [-0.1, -0.05) is 18.2 Å². The fourth-order valence-corrected chi connectivity index (χ4v) is 3.28. The van der Waals surface area contributed by atoms with Crippen molar-refractivity contribution < 1.29 is 14.4 Å². The number of carbonyl (C=O) groups is 3. The molecule has 3 amide bonds. The molecule has 2 aliphatic heterocycles. The van der Waals surface area contributed by atoms with Crippen LogP contribution in [0.15, 0.2) is 35.9 Å². The minimum Gasteiger partial charge on any atom is -0.334 e. The average Bonchev–Trinajstić information content (AvgIpc) is 3.24. The molecule has 0 aromatic heterocycles. The summed E-state index contributed by atoms with van der Waals surface area (Å²) in [6, 6.07) is 6.15. The summed E-state index contributed by atoms with van der Waals surface area (Å²) in [6.07, 6.45) is 3.33. The average molecular weight is 282 g/mol. The zero-order valence-corrected chi connectivity index (χ0v) is 11.6. The van der Waals surface area contributed by atoms with Crippen LogP contribution < -0.4 is 0 Å². The van der Waals surface area contributed by atoms with Gasteiger partial charge in [-0.15, -0.1) is 0 Å². The molecule has 1 aliphatic carbocycles. The molecule has 2 heterocycles. The van der Waals surface area contributed by atoms with E-state index in [0.29, 0.717) is 17.5 Å². The maximum absolute atomic E-state index is 12.6. The van der Waals surface area contributed by atoms with Crippen LogP contribution in [0.3, 0.4) is 0 Å². The molecule has 21 heavy (non-hydrogen) atoms. The molecule has 2 atom stereocenters. The molecule has 5 nitrogen and oxygen atoms in total. The van der Waals surface area contributed by atoms with Crippen LogP contribution in [-0.4, -0.2) is 46.7 Å². The lowest BCUT2D eigenvalue weighted by Gasteiger charge is -2.27. The topological polar surface area (TPSA) is 57.7 Å². The number of likely N-dealkylation sites (tertiary alicyclic amines) is 1. The molecule has 4 rings (SSSR count). The lowest BCUT2D eigenvalue weighted by Crippen LogP contribution is -2.49. The number of hydrogen-bond donors (Lipinski definition) is 0. The Morgan fingerprint density at radius 1 is 1.05 bits per heavy atom. The van der Waals surface area contributed by atoms with E-state index in [0.717, 1.165) is 11.3 Å². The highest BCUT2D eigenvalue weighted by atomic mass is 16.2. The van der Waals surface area contributed by atoms with Crippen molar-refractivity contribution in [3.63, 3.8) is 0 Å². The van der Waals surface area contributed by atoms with Gasteiger partial charge >= 0.3 is 0 Å². The van der Waals surface area contributed by atoms with Crippen LogP contribution in [-0.2, 0) is 4.79 Å². The molecule has 1 aromatic rings. The zero-order valence-electron chi connectivity index (χ0n) is 11.6. The molecule has 0 N–H and O–H groups in total. The summed E-state index contributed by atoms with van der Waals surface area (Å²) in [5.74, 6) is -0.864. The van der Waals surface area contributed by atoms with E-state index in [2.05, 4.69) is 6.08 Å². The molecular weight excluding hydrogens is 268 g/mol. The Bertz CT molecular complexity index is 687. The normalized spacial score (nSPS) is 27.3. The lowest BCUT2D eigenvalue weighted by atomic mass is 10.1. The van der Waals surface area contributed by atoms with Crippen molar-refractivity contribution in [3.05, 3.63) is 47.0 Å². The number of carbonyl (C=O) groups excluding carboxylic acids is 3. The van der Waals surface area contributed by atoms with E-state index < -0.39 is 6.04 Å². The molecule has 5 heteroatoms. The van der Waals surface area contributed by atoms with Crippen LogP contribution in [0.25, 0.3) is 0 Å². The summed E-state index contributed by atoms with van der Waals surface area (Å²) in [5.41, 5.74) is 2.02. The summed E-state index contributed by atoms with van der Waals surface area (Å²) >= 11 is 0. The number of hydrogen-bond acceptors (Lipinski definition) is 3. The van der Waals surface area contributed by atoms with Gasteiger partial charge < -0.3 is 4.90 Å². The summed E-state index contributed by atoms with van der Waals surface area (Å²) in [7, 11) is 1.73. The predicted octanol–water partition coefficient (Wildman–Crippen LogP) is 1.21. The molecule has 3 aliphatic rings. The highest BCUT2D eigenvalue weighted by molar-refractivity contribution is 6.22. The quantitative estimate of drug-likeness (QED) is 0.574. The van der Waals surface area contributed by atoms with Gasteiger partial charge in [-0.25, -0.2) is 0 Å². The molecule has 0 bridgehead atoms. The number of benzene rings is 1. The molecule has 1 fully saturated rings. The van der Waals surface area contributed by atoms with Gasteiger partial charge in [-0.2, -0.15) is 0 Å². The molecule has 0 saturated carbocycles. The summed E-state index contributed by atoms with van der Waals surface area (Å²) in [6.45, 7) is 0. The van der Waals surface area contributed by atoms with E-state index in [1.807, 2.05) is 0 Å². The first-order valence-corrected chi connectivity index (χ1v) is 7.04. The van der Waals surface area contributed by atoms with Crippen LogP contribution >= 0.6 is 0 Å². The molecular formula is C16H14N2O3. The SMILES string of the molecule is CN1C(=O)[C@@H](N2C(=O)c3ccccc3C2=O)CCC2=CC21. The van der Waals surface area contributed by atoms with E-state index >= 15 is 0 Å². The number of imide groups is 1. The molecule has 106 valence electrons. The minimum absolute atomic E-state index is 0.0951. The van der Waals surface area contributed by atoms with Crippen LogP contribution in [0.5, 0.6) is 0 Å². The maximum Gasteiger partial charge on any atom is 0.262 e. The monoisotopic (exact) mass is 282 g/mol. The Morgan fingerprint density at radius 3 is 2.29 bits per heavy atom. The summed E-state index contributed by atoms with van der Waals surface area (Å²) in [5, 5.41) is 0.